The highest BCUT2D eigenvalue weighted by atomic mass is 35.5. The van der Waals surface area contributed by atoms with E-state index in [1.165, 1.54) is 0 Å². The Morgan fingerprint density at radius 3 is 2.54 bits per heavy atom. The summed E-state index contributed by atoms with van der Waals surface area (Å²) in [5.74, 6) is 1.44. The molecular weight excluding hydrogens is 485 g/mol. The summed E-state index contributed by atoms with van der Waals surface area (Å²) in [4.78, 5) is 8.98. The van der Waals surface area contributed by atoms with Crippen molar-refractivity contribution in [2.75, 3.05) is 29.0 Å². The summed E-state index contributed by atoms with van der Waals surface area (Å²) in [6.45, 7) is 5.44. The van der Waals surface area contributed by atoms with Crippen molar-refractivity contribution in [3.05, 3.63) is 65.0 Å². The number of aliphatic hydroxyl groups is 1. The van der Waals surface area contributed by atoms with E-state index in [0.29, 0.717) is 28.2 Å². The van der Waals surface area contributed by atoms with Crippen molar-refractivity contribution in [3.8, 4) is 0 Å². The molecule has 0 unspecified atom stereocenters. The van der Waals surface area contributed by atoms with Crippen molar-refractivity contribution in [1.82, 2.24) is 19.7 Å². The number of nitrogens with zero attached hydrogens (tertiary/aromatic N) is 4. The summed E-state index contributed by atoms with van der Waals surface area (Å²) in [5, 5.41) is 26.3. The molecule has 184 valence electrons. The van der Waals surface area contributed by atoms with Crippen LogP contribution in [0.5, 0.6) is 0 Å². The van der Waals surface area contributed by atoms with Crippen molar-refractivity contribution in [2.24, 2.45) is 0 Å². The molecule has 1 aromatic carbocycles. The highest BCUT2D eigenvalue weighted by molar-refractivity contribution is 6.32. The fourth-order valence-electron chi connectivity index (χ4n) is 3.66. The van der Waals surface area contributed by atoms with Gasteiger partial charge in [0.25, 0.3) is 0 Å². The van der Waals surface area contributed by atoms with E-state index in [9.17, 15) is 5.11 Å². The van der Waals surface area contributed by atoms with E-state index in [-0.39, 0.29) is 0 Å². The Hall–Kier alpha value is -3.07. The van der Waals surface area contributed by atoms with Crippen molar-refractivity contribution >= 4 is 57.1 Å². The Kier molecular flexibility index (Phi) is 7.95. The fourth-order valence-corrected chi connectivity index (χ4v) is 4.02. The van der Waals surface area contributed by atoms with E-state index >= 15 is 0 Å². The SMILES string of the molecule is CC(C)(O)Cn1cc(Nc2cccc(NCCCCNc3ccnc4cc(Cl)ccc34)n2)c(Cl)n1. The first kappa shape index (κ1) is 25.0. The van der Waals surface area contributed by atoms with Gasteiger partial charge in [-0.25, -0.2) is 4.98 Å². The van der Waals surface area contributed by atoms with Crippen molar-refractivity contribution < 1.29 is 5.11 Å². The fraction of sp³-hybridized carbons (Fsp3) is 0.320. The molecular formula is C25H29Cl2N7O. The molecule has 0 spiro atoms. The second-order valence-corrected chi connectivity index (χ2v) is 9.75. The molecule has 0 aliphatic rings. The number of fused-ring (bicyclic) bond motifs is 1. The molecule has 0 aliphatic heterocycles. The Morgan fingerprint density at radius 1 is 0.971 bits per heavy atom. The molecule has 0 aliphatic carbocycles. The Labute approximate surface area is 214 Å². The van der Waals surface area contributed by atoms with Crippen LogP contribution in [0.2, 0.25) is 10.2 Å². The minimum atomic E-state index is -0.884. The lowest BCUT2D eigenvalue weighted by Gasteiger charge is -2.16. The predicted molar refractivity (Wildman–Crippen MR) is 144 cm³/mol. The van der Waals surface area contributed by atoms with Crippen LogP contribution in [-0.4, -0.2) is 43.5 Å². The van der Waals surface area contributed by atoms with Crippen LogP contribution in [0.4, 0.5) is 23.0 Å². The van der Waals surface area contributed by atoms with Crippen LogP contribution >= 0.6 is 23.2 Å². The molecule has 8 nitrogen and oxygen atoms in total. The maximum Gasteiger partial charge on any atom is 0.174 e. The molecule has 3 aromatic heterocycles. The first-order valence-corrected chi connectivity index (χ1v) is 12.2. The molecule has 0 fully saturated rings. The molecule has 4 aromatic rings. The topological polar surface area (TPSA) is 99.9 Å². The number of anilines is 4. The number of pyridine rings is 2. The molecule has 0 saturated heterocycles. The van der Waals surface area contributed by atoms with Crippen LogP contribution in [0.3, 0.4) is 0 Å². The average molecular weight is 514 g/mol. The van der Waals surface area contributed by atoms with Crippen LogP contribution in [0.1, 0.15) is 26.7 Å². The number of unbranched alkanes of at least 4 members (excludes halogenated alkanes) is 1. The number of hydrogen-bond acceptors (Lipinski definition) is 7. The van der Waals surface area contributed by atoms with Gasteiger partial charge in [0.2, 0.25) is 0 Å². The molecule has 0 radical (unpaired) electrons. The monoisotopic (exact) mass is 513 g/mol. The van der Waals surface area contributed by atoms with Crippen molar-refractivity contribution in [1.29, 1.82) is 0 Å². The smallest absolute Gasteiger partial charge is 0.174 e. The van der Waals surface area contributed by atoms with Gasteiger partial charge >= 0.3 is 0 Å². The second kappa shape index (κ2) is 11.1. The van der Waals surface area contributed by atoms with Gasteiger partial charge in [0, 0.05) is 35.4 Å². The number of benzene rings is 1. The van der Waals surface area contributed by atoms with Gasteiger partial charge in [-0.1, -0.05) is 29.3 Å². The first-order chi connectivity index (χ1) is 16.8. The summed E-state index contributed by atoms with van der Waals surface area (Å²) < 4.78 is 1.62. The lowest BCUT2D eigenvalue weighted by atomic mass is 10.1. The zero-order valence-corrected chi connectivity index (χ0v) is 21.2. The van der Waals surface area contributed by atoms with Gasteiger partial charge in [-0.3, -0.25) is 9.67 Å². The number of halogens is 2. The normalized spacial score (nSPS) is 11.6. The molecule has 0 bridgehead atoms. The Morgan fingerprint density at radius 2 is 1.74 bits per heavy atom. The quantitative estimate of drug-likeness (QED) is 0.184. The second-order valence-electron chi connectivity index (χ2n) is 8.96. The van der Waals surface area contributed by atoms with E-state index in [1.54, 1.807) is 30.9 Å². The minimum absolute atomic E-state index is 0.326. The summed E-state index contributed by atoms with van der Waals surface area (Å²) >= 11 is 12.3. The van der Waals surface area contributed by atoms with Gasteiger partial charge < -0.3 is 21.1 Å². The maximum atomic E-state index is 9.99. The summed E-state index contributed by atoms with van der Waals surface area (Å²) in [6, 6.07) is 13.5. The highest BCUT2D eigenvalue weighted by Gasteiger charge is 2.16. The largest absolute Gasteiger partial charge is 0.389 e. The lowest BCUT2D eigenvalue weighted by molar-refractivity contribution is 0.0578. The summed E-state index contributed by atoms with van der Waals surface area (Å²) in [6.07, 6.45) is 5.53. The van der Waals surface area contributed by atoms with Crippen molar-refractivity contribution in [2.45, 2.75) is 38.8 Å². The highest BCUT2D eigenvalue weighted by Crippen LogP contribution is 2.25. The molecule has 10 heteroatoms. The first-order valence-electron chi connectivity index (χ1n) is 11.5. The van der Waals surface area contributed by atoms with E-state index < -0.39 is 5.60 Å². The number of aromatic nitrogens is 4. The number of nitrogens with one attached hydrogen (secondary N) is 3. The van der Waals surface area contributed by atoms with Crippen LogP contribution in [0.15, 0.2) is 54.9 Å². The molecule has 0 atom stereocenters. The van der Waals surface area contributed by atoms with E-state index in [0.717, 1.165) is 48.3 Å². The molecule has 0 saturated carbocycles. The molecule has 3 heterocycles. The third kappa shape index (κ3) is 7.21. The number of rotatable bonds is 11. The van der Waals surface area contributed by atoms with Crippen LogP contribution < -0.4 is 16.0 Å². The predicted octanol–water partition coefficient (Wildman–Crippen LogP) is 5.95. The molecule has 4 N–H and O–H groups in total. The van der Waals surface area contributed by atoms with E-state index in [1.807, 2.05) is 42.5 Å². The Bertz CT molecular complexity index is 1290. The molecule has 0 amide bonds. The van der Waals surface area contributed by atoms with Gasteiger partial charge in [0.15, 0.2) is 5.15 Å². The third-order valence-corrected chi connectivity index (χ3v) is 5.72. The van der Waals surface area contributed by atoms with E-state index in [4.69, 9.17) is 23.2 Å². The van der Waals surface area contributed by atoms with Crippen molar-refractivity contribution in [3.63, 3.8) is 0 Å². The van der Waals surface area contributed by atoms with Gasteiger partial charge in [-0.05, 0) is 63.1 Å². The average Bonchev–Trinajstić information content (AvgIpc) is 3.12. The summed E-state index contributed by atoms with van der Waals surface area (Å²) in [5.41, 5.74) is 1.70. The van der Waals surface area contributed by atoms with Gasteiger partial charge in [0.05, 0.1) is 29.5 Å². The Balaban J connectivity index is 1.24. The standard InChI is InChI=1S/C25H29Cl2N7O/c1-25(2,35)16-34-15-21(24(27)33-34)31-23-7-5-6-22(32-23)30-12-4-3-11-28-19-10-13-29-20-14-17(26)8-9-18(19)20/h5-10,13-15,35H,3-4,11-12,16H2,1-2H3,(H,28,29)(H2,30,31,32). The zero-order chi connectivity index (χ0) is 24.8. The number of hydrogen-bond donors (Lipinski definition) is 4. The van der Waals surface area contributed by atoms with Gasteiger partial charge in [0.1, 0.15) is 11.6 Å². The minimum Gasteiger partial charge on any atom is -0.389 e. The molecule has 35 heavy (non-hydrogen) atoms. The zero-order valence-electron chi connectivity index (χ0n) is 19.7. The lowest BCUT2D eigenvalue weighted by Crippen LogP contribution is -2.26. The van der Waals surface area contributed by atoms with E-state index in [2.05, 4.69) is 31.0 Å². The van der Waals surface area contributed by atoms with Crippen LogP contribution in [0, 0.1) is 0 Å². The van der Waals surface area contributed by atoms with Gasteiger partial charge in [-0.2, -0.15) is 5.10 Å². The summed E-state index contributed by atoms with van der Waals surface area (Å²) in [7, 11) is 0. The third-order valence-electron chi connectivity index (χ3n) is 5.21. The molecule has 4 rings (SSSR count). The van der Waals surface area contributed by atoms with Crippen LogP contribution in [0.25, 0.3) is 10.9 Å². The van der Waals surface area contributed by atoms with Gasteiger partial charge in [-0.15, -0.1) is 0 Å². The van der Waals surface area contributed by atoms with Crippen LogP contribution in [-0.2, 0) is 6.54 Å². The maximum absolute atomic E-state index is 9.99.